The predicted octanol–water partition coefficient (Wildman–Crippen LogP) is 3.37. The van der Waals surface area contributed by atoms with Crippen LogP contribution in [0.5, 0.6) is 0 Å². The Labute approximate surface area is 117 Å². The summed E-state index contributed by atoms with van der Waals surface area (Å²) in [7, 11) is 0. The summed E-state index contributed by atoms with van der Waals surface area (Å²) in [6, 6.07) is 1.61. The number of halogens is 3. The molecule has 0 heterocycles. The molecule has 1 aromatic rings. The highest BCUT2D eigenvalue weighted by molar-refractivity contribution is 5.71. The smallest absolute Gasteiger partial charge is 0.371 e. The number of alkyl halides is 3. The zero-order valence-corrected chi connectivity index (χ0v) is 11.2. The summed E-state index contributed by atoms with van der Waals surface area (Å²) in [6.07, 6.45) is -5.08. The predicted molar refractivity (Wildman–Crippen MR) is 68.3 cm³/mol. The van der Waals surface area contributed by atoms with E-state index in [9.17, 15) is 33.4 Å². The normalized spacial score (nSPS) is 11.3. The van der Waals surface area contributed by atoms with E-state index in [1.165, 1.54) is 4.90 Å². The second-order valence-electron chi connectivity index (χ2n) is 4.01. The Kier molecular flexibility index (Phi) is 4.71. The molecule has 0 N–H and O–H groups in total. The number of nitro groups is 2. The van der Waals surface area contributed by atoms with E-state index in [0.29, 0.717) is 0 Å². The number of anilines is 1. The van der Waals surface area contributed by atoms with Gasteiger partial charge in [0.1, 0.15) is 0 Å². The highest BCUT2D eigenvalue weighted by Crippen LogP contribution is 2.46. The molecule has 0 unspecified atom stereocenters. The Bertz CT molecular complexity index is 571. The van der Waals surface area contributed by atoms with Gasteiger partial charge < -0.3 is 4.90 Å². The number of benzene rings is 1. The summed E-state index contributed by atoms with van der Waals surface area (Å²) < 4.78 is 39.6. The lowest BCUT2D eigenvalue weighted by atomic mass is 10.1. The van der Waals surface area contributed by atoms with Crippen LogP contribution in [0.15, 0.2) is 12.1 Å². The number of nitrogens with zero attached hydrogens (tertiary/aromatic N) is 3. The molecule has 0 saturated heterocycles. The van der Waals surface area contributed by atoms with E-state index in [-0.39, 0.29) is 13.1 Å². The lowest BCUT2D eigenvalue weighted by Gasteiger charge is -2.24. The Hall–Kier alpha value is -2.39. The van der Waals surface area contributed by atoms with Crippen molar-refractivity contribution < 1.29 is 23.0 Å². The molecule has 1 aromatic carbocycles. The molecule has 116 valence electrons. The topological polar surface area (TPSA) is 89.5 Å². The third-order valence-electron chi connectivity index (χ3n) is 2.90. The average Bonchev–Trinajstić information content (AvgIpc) is 2.37. The number of rotatable bonds is 5. The zero-order valence-electron chi connectivity index (χ0n) is 11.2. The van der Waals surface area contributed by atoms with Crippen LogP contribution in [0.3, 0.4) is 0 Å². The minimum Gasteiger partial charge on any atom is -0.371 e. The molecule has 0 aromatic heterocycles. The van der Waals surface area contributed by atoms with Gasteiger partial charge in [0.05, 0.1) is 15.5 Å². The summed E-state index contributed by atoms with van der Waals surface area (Å²) in [5.74, 6) is 0. The van der Waals surface area contributed by atoms with Crippen molar-refractivity contribution in [1.82, 2.24) is 0 Å². The lowest BCUT2D eigenvalue weighted by Crippen LogP contribution is -2.26. The van der Waals surface area contributed by atoms with Crippen LogP contribution in [-0.4, -0.2) is 22.9 Å². The monoisotopic (exact) mass is 307 g/mol. The molecule has 10 heteroatoms. The molecular weight excluding hydrogens is 295 g/mol. The van der Waals surface area contributed by atoms with E-state index < -0.39 is 38.6 Å². The van der Waals surface area contributed by atoms with Gasteiger partial charge >= 0.3 is 17.6 Å². The van der Waals surface area contributed by atoms with Crippen molar-refractivity contribution >= 4 is 17.1 Å². The maximum Gasteiger partial charge on any atom is 0.425 e. The van der Waals surface area contributed by atoms with Crippen LogP contribution in [0.1, 0.15) is 19.4 Å². The van der Waals surface area contributed by atoms with Gasteiger partial charge in [-0.25, -0.2) is 0 Å². The molecule has 0 amide bonds. The molecule has 0 aliphatic heterocycles. The summed E-state index contributed by atoms with van der Waals surface area (Å²) in [4.78, 5) is 20.4. The maximum absolute atomic E-state index is 13.2. The van der Waals surface area contributed by atoms with E-state index in [1.54, 1.807) is 13.8 Å². The molecule has 0 atom stereocenters. The van der Waals surface area contributed by atoms with Crippen LogP contribution >= 0.6 is 0 Å². The molecule has 21 heavy (non-hydrogen) atoms. The van der Waals surface area contributed by atoms with Gasteiger partial charge in [-0.15, -0.1) is 0 Å². The third kappa shape index (κ3) is 3.20. The van der Waals surface area contributed by atoms with E-state index in [4.69, 9.17) is 0 Å². The first kappa shape index (κ1) is 16.7. The first-order valence-electron chi connectivity index (χ1n) is 5.93. The Morgan fingerprint density at radius 2 is 1.62 bits per heavy atom. The maximum atomic E-state index is 13.2. The highest BCUT2D eigenvalue weighted by atomic mass is 19.4. The lowest BCUT2D eigenvalue weighted by molar-refractivity contribution is -0.424. The van der Waals surface area contributed by atoms with Crippen LogP contribution in [0, 0.1) is 20.2 Å². The van der Waals surface area contributed by atoms with Crippen LogP contribution in [0.2, 0.25) is 0 Å². The van der Waals surface area contributed by atoms with Crippen LogP contribution in [0.25, 0.3) is 0 Å². The van der Waals surface area contributed by atoms with Crippen LogP contribution < -0.4 is 4.90 Å². The van der Waals surface area contributed by atoms with Gasteiger partial charge in [-0.2, -0.15) is 13.2 Å². The van der Waals surface area contributed by atoms with Gasteiger partial charge in [-0.3, -0.25) is 20.2 Å². The number of nitro benzene ring substituents is 2. The quantitative estimate of drug-likeness (QED) is 0.614. The van der Waals surface area contributed by atoms with Crippen molar-refractivity contribution in [3.63, 3.8) is 0 Å². The van der Waals surface area contributed by atoms with Crippen molar-refractivity contribution in [2.75, 3.05) is 18.0 Å². The van der Waals surface area contributed by atoms with E-state index >= 15 is 0 Å². The van der Waals surface area contributed by atoms with Gasteiger partial charge in [0.2, 0.25) is 0 Å². The summed E-state index contributed by atoms with van der Waals surface area (Å²) >= 11 is 0. The van der Waals surface area contributed by atoms with E-state index in [2.05, 4.69) is 0 Å². The third-order valence-corrected chi connectivity index (χ3v) is 2.90. The summed E-state index contributed by atoms with van der Waals surface area (Å²) in [6.45, 7) is 3.51. The standard InChI is InChI=1S/C11H12F3N3O4/c1-3-15(4-2)7-5-6-8(16(18)19)10(17(20)21)9(7)11(12,13)14/h5-6H,3-4H2,1-2H3. The van der Waals surface area contributed by atoms with Crippen molar-refractivity contribution in [3.8, 4) is 0 Å². The minimum absolute atomic E-state index is 0.175. The van der Waals surface area contributed by atoms with Crippen LogP contribution in [0.4, 0.5) is 30.2 Å². The summed E-state index contributed by atoms with van der Waals surface area (Å²) in [5, 5.41) is 21.7. The molecule has 0 radical (unpaired) electrons. The first-order chi connectivity index (χ1) is 9.65. The molecule has 7 nitrogen and oxygen atoms in total. The Morgan fingerprint density at radius 1 is 1.10 bits per heavy atom. The van der Waals surface area contributed by atoms with Gasteiger partial charge in [-0.05, 0) is 19.9 Å². The minimum atomic E-state index is -5.08. The molecule has 0 saturated carbocycles. The fourth-order valence-corrected chi connectivity index (χ4v) is 2.01. The van der Waals surface area contributed by atoms with Crippen LogP contribution in [-0.2, 0) is 6.18 Å². The largest absolute Gasteiger partial charge is 0.425 e. The molecule has 0 aliphatic rings. The first-order valence-corrected chi connectivity index (χ1v) is 5.93. The number of hydrogen-bond donors (Lipinski definition) is 0. The van der Waals surface area contributed by atoms with Gasteiger partial charge in [0.25, 0.3) is 0 Å². The molecule has 0 bridgehead atoms. The van der Waals surface area contributed by atoms with Gasteiger partial charge in [0, 0.05) is 19.2 Å². The number of hydrogen-bond acceptors (Lipinski definition) is 5. The van der Waals surface area contributed by atoms with Crippen molar-refractivity contribution in [1.29, 1.82) is 0 Å². The molecule has 1 rings (SSSR count). The fourth-order valence-electron chi connectivity index (χ4n) is 2.01. The van der Waals surface area contributed by atoms with Crippen molar-refractivity contribution in [2.45, 2.75) is 20.0 Å². The second-order valence-corrected chi connectivity index (χ2v) is 4.01. The van der Waals surface area contributed by atoms with Crippen molar-refractivity contribution in [2.24, 2.45) is 0 Å². The molecule has 0 fully saturated rings. The van der Waals surface area contributed by atoms with E-state index in [0.717, 1.165) is 12.1 Å². The summed E-state index contributed by atoms with van der Waals surface area (Å²) in [5.41, 5.74) is -4.74. The Morgan fingerprint density at radius 3 is 1.95 bits per heavy atom. The zero-order chi connectivity index (χ0) is 16.4. The molecular formula is C11H12F3N3O4. The SMILES string of the molecule is CCN(CC)c1ccc([N+](=O)[O-])c([N+](=O)[O-])c1C(F)(F)F. The van der Waals surface area contributed by atoms with Crippen molar-refractivity contribution in [3.05, 3.63) is 37.9 Å². The fraction of sp³-hybridized carbons (Fsp3) is 0.455. The van der Waals surface area contributed by atoms with E-state index in [1.807, 2.05) is 0 Å². The second kappa shape index (κ2) is 5.94. The van der Waals surface area contributed by atoms with Gasteiger partial charge in [0.15, 0.2) is 5.56 Å². The molecule has 0 aliphatic carbocycles. The molecule has 0 spiro atoms. The average molecular weight is 307 g/mol. The highest BCUT2D eigenvalue weighted by Gasteiger charge is 2.46. The Balaban J connectivity index is 3.81. The van der Waals surface area contributed by atoms with Gasteiger partial charge in [-0.1, -0.05) is 0 Å².